The van der Waals surface area contributed by atoms with E-state index in [2.05, 4.69) is 109 Å². The van der Waals surface area contributed by atoms with Crippen LogP contribution in [0.4, 0.5) is 17.1 Å². The molecule has 5 N–H and O–H groups in total. The molecule has 0 spiro atoms. The van der Waals surface area contributed by atoms with Gasteiger partial charge in [-0.25, -0.2) is 14.8 Å². The van der Waals surface area contributed by atoms with Gasteiger partial charge in [-0.2, -0.15) is 0 Å². The molecule has 0 aliphatic carbocycles. The summed E-state index contributed by atoms with van der Waals surface area (Å²) in [7, 11) is 0. The Balaban J connectivity index is 1.31. The third-order valence-corrected chi connectivity index (χ3v) is 16.0. The zero-order chi connectivity index (χ0) is 59.8. The molecular weight excluding hydrogens is 1070 g/mol. The number of anilines is 3. The fraction of sp³-hybridized carbons (Fsp3) is 0.293. The normalized spacial score (nSPS) is 11.6. The Morgan fingerprint density at radius 2 is 0.919 bits per heavy atom. The molecular formula is C75H79N5O6. The van der Waals surface area contributed by atoms with Crippen LogP contribution in [0.15, 0.2) is 133 Å². The summed E-state index contributed by atoms with van der Waals surface area (Å²) in [6.45, 7) is 9.73. The lowest BCUT2D eigenvalue weighted by molar-refractivity contribution is 0.0696. The van der Waals surface area contributed by atoms with Gasteiger partial charge in [-0.1, -0.05) is 140 Å². The van der Waals surface area contributed by atoms with Crippen LogP contribution in [-0.2, 0) is 12.8 Å². The van der Waals surface area contributed by atoms with Gasteiger partial charge in [0.15, 0.2) is 0 Å². The molecule has 0 saturated heterocycles. The number of benzene rings is 5. The number of aromatic hydroxyl groups is 2. The van der Waals surface area contributed by atoms with Gasteiger partial charge in [0.25, 0.3) is 0 Å². The van der Waals surface area contributed by atoms with Gasteiger partial charge in [-0.05, 0) is 171 Å². The Morgan fingerprint density at radius 1 is 0.465 bits per heavy atom. The Labute approximate surface area is 506 Å². The average Bonchev–Trinajstić information content (AvgIpc) is 2.93. The molecule has 0 fully saturated rings. The van der Waals surface area contributed by atoms with E-state index in [4.69, 9.17) is 19.4 Å². The number of carbonyl (C=O) groups is 1. The van der Waals surface area contributed by atoms with Crippen LogP contribution in [-0.4, -0.2) is 54.4 Å². The van der Waals surface area contributed by atoms with Crippen LogP contribution in [0, 0.1) is 11.8 Å². The number of nitrogens with zero attached hydrogens (tertiary/aromatic N) is 3. The van der Waals surface area contributed by atoms with Gasteiger partial charge in [0, 0.05) is 39.1 Å². The highest BCUT2D eigenvalue weighted by atomic mass is 16.5. The van der Waals surface area contributed by atoms with Crippen molar-refractivity contribution >= 4 is 69.4 Å². The molecule has 10 rings (SSSR count). The highest BCUT2D eigenvalue weighted by Crippen LogP contribution is 2.47. The highest BCUT2D eigenvalue weighted by molar-refractivity contribution is 6.01. The van der Waals surface area contributed by atoms with Crippen LogP contribution in [0.1, 0.15) is 173 Å². The summed E-state index contributed by atoms with van der Waals surface area (Å²) in [6.07, 6.45) is 25.1. The topological polar surface area (TPSA) is 157 Å². The highest BCUT2D eigenvalue weighted by Gasteiger charge is 2.26. The molecule has 0 radical (unpaired) electrons. The third-order valence-electron chi connectivity index (χ3n) is 16.0. The number of phenols is 2. The smallest absolute Gasteiger partial charge is 0.335 e. The van der Waals surface area contributed by atoms with Crippen LogP contribution >= 0.6 is 0 Å². The maximum atomic E-state index is 12.2. The molecule has 11 nitrogen and oxygen atoms in total. The standard InChI is InChI=1S/C75H79N5O6/c1-5-9-13-15-21-51-29-36-55(37-30-51)80(56-38-31-52(32-39-56)22-16-14-10-6-2)74-64-47-45-62(78-64)70(72-66(81)23-19-25-68(72)85-49-17-11-7-3)60-43-41-58(76-60)57(40-33-53-27-34-54(35-28-53)75(83)84)59-42-44-61(77-59)71(63-46-48-65(74)79-63)73-67(82)24-20-26-69(73)86-50-18-12-8-4/h19-20,23-32,34-39,41-48,76,79,81-82H,5-18,21-22,49-50H2,1-4H3,(H,83,84). The molecule has 3 aromatic heterocycles. The molecule has 8 bridgehead atoms. The molecule has 2 aliphatic heterocycles. The fourth-order valence-corrected chi connectivity index (χ4v) is 11.3. The summed E-state index contributed by atoms with van der Waals surface area (Å²) in [4.78, 5) is 32.9. The maximum Gasteiger partial charge on any atom is 0.335 e. The number of rotatable bonds is 26. The summed E-state index contributed by atoms with van der Waals surface area (Å²) in [5.41, 5.74) is 13.8. The number of aryl methyl sites for hydroxylation is 2. The van der Waals surface area contributed by atoms with Crippen molar-refractivity contribution in [1.29, 1.82) is 0 Å². The molecule has 0 unspecified atom stereocenters. The van der Waals surface area contributed by atoms with Crippen molar-refractivity contribution in [3.63, 3.8) is 0 Å². The van der Waals surface area contributed by atoms with Crippen molar-refractivity contribution in [2.75, 3.05) is 18.1 Å². The molecule has 0 atom stereocenters. The molecule has 2 aliphatic rings. The number of aromatic carboxylic acids is 1. The second kappa shape index (κ2) is 29.0. The SMILES string of the molecule is CCCCCCc1ccc(N(c2ccc(CCCCCC)cc2)c2c3nc(c(-c4c(O)cccc4OCCCCC)c4ccc([nH]4)c(C#Cc4ccc(C(=O)O)cc4)c4nc(c(-c5c(O)cccc5OCCCCC)c5ccc2[nH]5)C=C4)C=C3)cc1. The molecule has 0 amide bonds. The molecule has 5 aromatic carbocycles. The molecule has 86 heavy (non-hydrogen) atoms. The van der Waals surface area contributed by atoms with E-state index in [-0.39, 0.29) is 17.1 Å². The van der Waals surface area contributed by atoms with Gasteiger partial charge in [0.05, 0.1) is 75.0 Å². The summed E-state index contributed by atoms with van der Waals surface area (Å²) < 4.78 is 13.2. The Kier molecular flexibility index (Phi) is 20.2. The van der Waals surface area contributed by atoms with E-state index >= 15 is 0 Å². The Morgan fingerprint density at radius 3 is 1.43 bits per heavy atom. The Bertz CT molecular complexity index is 3840. The molecule has 11 heteroatoms. The van der Waals surface area contributed by atoms with Gasteiger partial charge in [0.1, 0.15) is 23.0 Å². The second-order valence-corrected chi connectivity index (χ2v) is 22.3. The van der Waals surface area contributed by atoms with Crippen molar-refractivity contribution in [3.05, 3.63) is 184 Å². The van der Waals surface area contributed by atoms with Crippen molar-refractivity contribution in [3.8, 4) is 57.1 Å². The van der Waals surface area contributed by atoms with Crippen LogP contribution in [0.3, 0.4) is 0 Å². The number of carboxylic acids is 1. The van der Waals surface area contributed by atoms with E-state index in [1.807, 2.05) is 54.6 Å². The van der Waals surface area contributed by atoms with Crippen LogP contribution in [0.5, 0.6) is 23.0 Å². The van der Waals surface area contributed by atoms with Gasteiger partial charge in [-0.3, -0.25) is 0 Å². The first kappa shape index (κ1) is 59.9. The number of H-pyrrole nitrogens is 2. The van der Waals surface area contributed by atoms with E-state index in [0.717, 1.165) is 86.8 Å². The van der Waals surface area contributed by atoms with E-state index in [0.29, 0.717) is 97.4 Å². The number of aromatic nitrogens is 4. The lowest BCUT2D eigenvalue weighted by Crippen LogP contribution is -2.12. The summed E-state index contributed by atoms with van der Waals surface area (Å²) in [5.74, 6) is 6.81. The molecule has 8 aromatic rings. The van der Waals surface area contributed by atoms with Crippen molar-refractivity contribution in [2.24, 2.45) is 0 Å². The van der Waals surface area contributed by atoms with E-state index in [9.17, 15) is 20.1 Å². The molecule has 0 saturated carbocycles. The van der Waals surface area contributed by atoms with Crippen molar-refractivity contribution in [2.45, 2.75) is 130 Å². The third kappa shape index (κ3) is 14.1. The number of aromatic amines is 2. The first-order chi connectivity index (χ1) is 42.2. The quantitative estimate of drug-likeness (QED) is 0.0263. The number of phenolic OH excluding ortho intramolecular Hbond substituents is 2. The minimum absolute atomic E-state index is 0.0320. The number of nitrogens with one attached hydrogen (secondary N) is 2. The number of unbranched alkanes of at least 4 members (excludes halogenated alkanes) is 10. The molecule has 5 heterocycles. The largest absolute Gasteiger partial charge is 0.507 e. The predicted molar refractivity (Wildman–Crippen MR) is 353 cm³/mol. The van der Waals surface area contributed by atoms with E-state index < -0.39 is 5.97 Å². The van der Waals surface area contributed by atoms with Gasteiger partial charge < -0.3 is 39.7 Å². The predicted octanol–water partition coefficient (Wildman–Crippen LogP) is 19.4. The molecule has 440 valence electrons. The van der Waals surface area contributed by atoms with Crippen LogP contribution in [0.25, 0.3) is 68.6 Å². The lowest BCUT2D eigenvalue weighted by atomic mass is 10.0. The zero-order valence-electron chi connectivity index (χ0n) is 50.1. The fourth-order valence-electron chi connectivity index (χ4n) is 11.3. The zero-order valence-corrected chi connectivity index (χ0v) is 50.1. The first-order valence-electron chi connectivity index (χ1n) is 31.1. The number of carboxylic acid groups (broad SMARTS) is 1. The van der Waals surface area contributed by atoms with Crippen molar-refractivity contribution in [1.82, 2.24) is 19.9 Å². The number of fused-ring (bicyclic) bond motifs is 8. The second-order valence-electron chi connectivity index (χ2n) is 22.3. The van der Waals surface area contributed by atoms with Gasteiger partial charge >= 0.3 is 5.97 Å². The minimum atomic E-state index is -1.02. The maximum absolute atomic E-state index is 12.2. The number of hydrogen-bond acceptors (Lipinski definition) is 8. The van der Waals surface area contributed by atoms with Gasteiger partial charge in [-0.15, -0.1) is 0 Å². The number of ether oxygens (including phenoxy) is 2. The summed E-state index contributed by atoms with van der Waals surface area (Å²) >= 11 is 0. The van der Waals surface area contributed by atoms with Crippen LogP contribution < -0.4 is 14.4 Å². The number of hydrogen-bond donors (Lipinski definition) is 5. The van der Waals surface area contributed by atoms with Crippen LogP contribution in [0.2, 0.25) is 0 Å². The van der Waals surface area contributed by atoms with Crippen molar-refractivity contribution < 1.29 is 29.6 Å². The first-order valence-corrected chi connectivity index (χ1v) is 31.1. The van der Waals surface area contributed by atoms with E-state index in [1.165, 1.54) is 49.7 Å². The monoisotopic (exact) mass is 1150 g/mol. The van der Waals surface area contributed by atoms with Gasteiger partial charge in [0.2, 0.25) is 0 Å². The summed E-state index contributed by atoms with van der Waals surface area (Å²) in [6, 6.07) is 43.2. The lowest BCUT2D eigenvalue weighted by Gasteiger charge is -2.27. The van der Waals surface area contributed by atoms with E-state index in [1.54, 1.807) is 48.5 Å². The minimum Gasteiger partial charge on any atom is -0.507 e. The summed E-state index contributed by atoms with van der Waals surface area (Å²) in [5, 5.41) is 34.1. The Hall–Kier alpha value is -9.27. The average molecular weight is 1150 g/mol.